The normalized spacial score (nSPS) is 13.2. The van der Waals surface area contributed by atoms with E-state index in [0.29, 0.717) is 5.69 Å². The van der Waals surface area contributed by atoms with Gasteiger partial charge in [-0.25, -0.2) is 8.78 Å². The lowest BCUT2D eigenvalue weighted by Crippen LogP contribution is -2.44. The van der Waals surface area contributed by atoms with Crippen molar-refractivity contribution in [1.82, 2.24) is 9.88 Å². The van der Waals surface area contributed by atoms with E-state index in [0.717, 1.165) is 4.90 Å². The Morgan fingerprint density at radius 3 is 2.73 bits per heavy atom. The van der Waals surface area contributed by atoms with Crippen LogP contribution in [0.15, 0.2) is 29.5 Å². The van der Waals surface area contributed by atoms with Gasteiger partial charge >= 0.3 is 11.7 Å². The van der Waals surface area contributed by atoms with E-state index >= 15 is 0 Å². The SMILES string of the molecule is CCN(C(=O)CCSC(F)(F)C(F)F)C(C=Nc1cccnc1)C(=N)Cl. The molecule has 0 aromatic carbocycles. The summed E-state index contributed by atoms with van der Waals surface area (Å²) in [5.41, 5.74) is 0.478. The van der Waals surface area contributed by atoms with Gasteiger partial charge in [-0.1, -0.05) is 23.4 Å². The highest BCUT2D eigenvalue weighted by molar-refractivity contribution is 8.00. The molecular weight excluding hydrogens is 396 g/mol. The van der Waals surface area contributed by atoms with E-state index in [-0.39, 0.29) is 18.3 Å². The first kappa shape index (κ1) is 22.4. The van der Waals surface area contributed by atoms with Gasteiger partial charge in [0.2, 0.25) is 5.91 Å². The highest BCUT2D eigenvalue weighted by atomic mass is 35.5. The Morgan fingerprint density at radius 1 is 1.54 bits per heavy atom. The first-order valence-electron chi connectivity index (χ1n) is 7.46. The Balaban J connectivity index is 2.76. The van der Waals surface area contributed by atoms with E-state index in [2.05, 4.69) is 9.98 Å². The Bertz CT molecular complexity index is 633. The Hall–Kier alpha value is -1.68. The van der Waals surface area contributed by atoms with Crippen LogP contribution in [0.5, 0.6) is 0 Å². The summed E-state index contributed by atoms with van der Waals surface area (Å²) in [5, 5.41) is 3.02. The van der Waals surface area contributed by atoms with Crippen LogP contribution < -0.4 is 0 Å². The molecule has 0 aliphatic rings. The summed E-state index contributed by atoms with van der Waals surface area (Å²) in [6, 6.07) is 2.31. The van der Waals surface area contributed by atoms with Crippen molar-refractivity contribution >= 4 is 46.3 Å². The molecule has 144 valence electrons. The smallest absolute Gasteiger partial charge is 0.328 e. The second-order valence-electron chi connectivity index (χ2n) is 4.92. The van der Waals surface area contributed by atoms with E-state index in [9.17, 15) is 22.4 Å². The van der Waals surface area contributed by atoms with Crippen LogP contribution in [0, 0.1) is 5.41 Å². The Morgan fingerprint density at radius 2 is 2.23 bits per heavy atom. The topological polar surface area (TPSA) is 69.4 Å². The number of hydrogen-bond acceptors (Lipinski definition) is 5. The number of amides is 1. The van der Waals surface area contributed by atoms with Crippen molar-refractivity contribution in [1.29, 1.82) is 5.41 Å². The van der Waals surface area contributed by atoms with Crippen molar-refractivity contribution in [3.8, 4) is 0 Å². The lowest BCUT2D eigenvalue weighted by molar-refractivity contribution is -0.130. The molecule has 0 bridgehead atoms. The second-order valence-corrected chi connectivity index (χ2v) is 6.57. The third-order valence-corrected chi connectivity index (χ3v) is 4.33. The van der Waals surface area contributed by atoms with Crippen molar-refractivity contribution in [2.24, 2.45) is 4.99 Å². The zero-order valence-corrected chi connectivity index (χ0v) is 15.3. The van der Waals surface area contributed by atoms with Crippen LogP contribution in [-0.2, 0) is 4.79 Å². The number of nitrogens with zero attached hydrogens (tertiary/aromatic N) is 3. The minimum Gasteiger partial charge on any atom is -0.328 e. The number of hydrogen-bond donors (Lipinski definition) is 1. The summed E-state index contributed by atoms with van der Waals surface area (Å²) < 4.78 is 50.0. The van der Waals surface area contributed by atoms with Crippen LogP contribution in [0.3, 0.4) is 0 Å². The number of aromatic nitrogens is 1. The maximum absolute atomic E-state index is 12.9. The fourth-order valence-corrected chi connectivity index (χ4v) is 2.73. The fraction of sp³-hybridized carbons (Fsp3) is 0.467. The van der Waals surface area contributed by atoms with Crippen molar-refractivity contribution in [3.63, 3.8) is 0 Å². The van der Waals surface area contributed by atoms with Crippen LogP contribution in [0.2, 0.25) is 0 Å². The average molecular weight is 413 g/mol. The first-order chi connectivity index (χ1) is 12.2. The molecule has 0 aliphatic heterocycles. The maximum atomic E-state index is 12.9. The predicted molar refractivity (Wildman–Crippen MR) is 95.2 cm³/mol. The number of alkyl halides is 4. The number of pyridine rings is 1. The molecule has 0 saturated heterocycles. The van der Waals surface area contributed by atoms with E-state index < -0.39 is 41.0 Å². The number of thioether (sulfide) groups is 1. The van der Waals surface area contributed by atoms with Gasteiger partial charge in [0, 0.05) is 31.1 Å². The summed E-state index contributed by atoms with van der Waals surface area (Å²) in [6.07, 6.45) is 0.0819. The third-order valence-electron chi connectivity index (χ3n) is 3.13. The highest BCUT2D eigenvalue weighted by Gasteiger charge is 2.41. The molecule has 1 aromatic heterocycles. The molecule has 1 unspecified atom stereocenters. The summed E-state index contributed by atoms with van der Waals surface area (Å²) in [4.78, 5) is 21.4. The molecule has 1 atom stereocenters. The molecular formula is C15H17ClF4N4OS. The van der Waals surface area contributed by atoms with Crippen LogP contribution in [-0.4, -0.2) is 57.2 Å². The summed E-state index contributed by atoms with van der Waals surface area (Å²) in [6.45, 7) is 1.75. The molecule has 26 heavy (non-hydrogen) atoms. The standard InChI is InChI=1S/C15H17ClF4N4OS/c1-2-24(12(25)5-7-26-15(19,20)14(17)18)11(13(16)21)9-23-10-4-3-6-22-8-10/h3-4,6,8-9,11,14,21H,2,5,7H2,1H3. The van der Waals surface area contributed by atoms with Gasteiger partial charge in [0.05, 0.1) is 11.9 Å². The number of halogens is 5. The predicted octanol–water partition coefficient (Wildman–Crippen LogP) is 4.20. The van der Waals surface area contributed by atoms with Gasteiger partial charge < -0.3 is 4.90 Å². The summed E-state index contributed by atoms with van der Waals surface area (Å²) >= 11 is 5.45. The third kappa shape index (κ3) is 6.91. The van der Waals surface area contributed by atoms with E-state index in [1.165, 1.54) is 12.4 Å². The zero-order chi connectivity index (χ0) is 19.7. The number of nitrogens with one attached hydrogen (secondary N) is 1. The van der Waals surface area contributed by atoms with Crippen molar-refractivity contribution in [2.75, 3.05) is 12.3 Å². The van der Waals surface area contributed by atoms with Crippen LogP contribution in [0.25, 0.3) is 0 Å². The fourth-order valence-electron chi connectivity index (χ4n) is 1.88. The molecule has 0 radical (unpaired) electrons. The molecule has 1 heterocycles. The number of rotatable bonds is 10. The van der Waals surface area contributed by atoms with Crippen molar-refractivity contribution < 1.29 is 22.4 Å². The van der Waals surface area contributed by atoms with Crippen LogP contribution in [0.4, 0.5) is 23.2 Å². The lowest BCUT2D eigenvalue weighted by atomic mass is 10.2. The quantitative estimate of drug-likeness (QED) is 0.462. The van der Waals surface area contributed by atoms with Gasteiger partial charge in [0.15, 0.2) is 0 Å². The van der Waals surface area contributed by atoms with Crippen LogP contribution >= 0.6 is 23.4 Å². The molecule has 0 aliphatic carbocycles. The highest BCUT2D eigenvalue weighted by Crippen LogP contribution is 2.35. The lowest BCUT2D eigenvalue weighted by Gasteiger charge is -2.27. The van der Waals surface area contributed by atoms with Gasteiger partial charge in [-0.3, -0.25) is 20.2 Å². The van der Waals surface area contributed by atoms with E-state index in [1.807, 2.05) is 0 Å². The summed E-state index contributed by atoms with van der Waals surface area (Å²) in [5.74, 6) is -1.09. The van der Waals surface area contributed by atoms with E-state index in [1.54, 1.807) is 25.3 Å². The first-order valence-corrected chi connectivity index (χ1v) is 8.83. The van der Waals surface area contributed by atoms with Gasteiger partial charge in [0.1, 0.15) is 11.2 Å². The van der Waals surface area contributed by atoms with Crippen molar-refractivity contribution in [3.05, 3.63) is 24.5 Å². The van der Waals surface area contributed by atoms with Gasteiger partial charge in [0.25, 0.3) is 0 Å². The monoisotopic (exact) mass is 412 g/mol. The van der Waals surface area contributed by atoms with E-state index in [4.69, 9.17) is 17.0 Å². The molecule has 1 amide bonds. The molecule has 11 heteroatoms. The molecule has 5 nitrogen and oxygen atoms in total. The average Bonchev–Trinajstić information content (AvgIpc) is 2.58. The maximum Gasteiger partial charge on any atom is 0.353 e. The molecule has 1 N–H and O–H groups in total. The minimum absolute atomic E-state index is 0.133. The van der Waals surface area contributed by atoms with Gasteiger partial charge in [-0.05, 0) is 19.1 Å². The largest absolute Gasteiger partial charge is 0.353 e. The van der Waals surface area contributed by atoms with Crippen molar-refractivity contribution in [2.45, 2.75) is 31.1 Å². The number of carbonyl (C=O) groups is 1. The molecule has 0 spiro atoms. The van der Waals surface area contributed by atoms with Crippen LogP contribution in [0.1, 0.15) is 13.3 Å². The zero-order valence-electron chi connectivity index (χ0n) is 13.7. The minimum atomic E-state index is -4.21. The summed E-state index contributed by atoms with van der Waals surface area (Å²) in [7, 11) is 0. The Kier molecular flexibility index (Phi) is 9.00. The number of aliphatic imine (C=N–C) groups is 1. The molecule has 1 rings (SSSR count). The molecule has 1 aromatic rings. The Labute approximate surface area is 157 Å². The molecule has 0 saturated carbocycles. The van der Waals surface area contributed by atoms with Gasteiger partial charge in [-0.15, -0.1) is 0 Å². The van der Waals surface area contributed by atoms with Gasteiger partial charge in [-0.2, -0.15) is 8.78 Å². The number of carbonyl (C=O) groups excluding carboxylic acids is 1. The second kappa shape index (κ2) is 10.5. The molecule has 0 fully saturated rings.